The van der Waals surface area contributed by atoms with Gasteiger partial charge in [-0.05, 0) is 12.8 Å². The lowest BCUT2D eigenvalue weighted by Crippen LogP contribution is -2.15. The normalized spacial score (nSPS) is 10.2. The largest absolute Gasteiger partial charge is 0.374 e. The predicted octanol–water partition coefficient (Wildman–Crippen LogP) is 2.19. The Balaban J connectivity index is 3.19. The predicted molar refractivity (Wildman–Crippen MR) is 50.1 cm³/mol. The van der Waals surface area contributed by atoms with Crippen molar-refractivity contribution in [3.8, 4) is 0 Å². The summed E-state index contributed by atoms with van der Waals surface area (Å²) in [5.41, 5.74) is 0. The van der Waals surface area contributed by atoms with E-state index in [1.165, 1.54) is 0 Å². The Kier molecular flexibility index (Phi) is 6.67. The third-order valence-corrected chi connectivity index (χ3v) is 1.59. The van der Waals surface area contributed by atoms with Crippen LogP contribution in [0.3, 0.4) is 0 Å². The van der Waals surface area contributed by atoms with E-state index in [9.17, 15) is 4.79 Å². The fourth-order valence-corrected chi connectivity index (χ4v) is 0.669. The molecule has 0 aliphatic heterocycles. The quantitative estimate of drug-likeness (QED) is 0.432. The summed E-state index contributed by atoms with van der Waals surface area (Å²) in [5, 5.41) is 0. The molecule has 0 bridgehead atoms. The van der Waals surface area contributed by atoms with E-state index in [-0.39, 0.29) is 18.3 Å². The lowest BCUT2D eigenvalue weighted by atomic mass is 10.1. The maximum atomic E-state index is 11.0. The van der Waals surface area contributed by atoms with Crippen molar-refractivity contribution in [1.82, 2.24) is 0 Å². The molecule has 0 aliphatic rings. The molecule has 12 heavy (non-hydrogen) atoms. The molecule has 2 heteroatoms. The first-order valence-corrected chi connectivity index (χ1v) is 4.39. The summed E-state index contributed by atoms with van der Waals surface area (Å²) < 4.78 is 5.16. The maximum absolute atomic E-state index is 11.0. The molecular weight excluding hydrogens is 152 g/mol. The number of carbonyl (C=O) groups excluding carboxylic acids is 1. The molecule has 0 heterocycles. The summed E-state index contributed by atoms with van der Waals surface area (Å²) in [6.45, 7) is 8.28. The second-order valence-electron chi connectivity index (χ2n) is 3.10. The molecule has 0 aromatic rings. The van der Waals surface area contributed by atoms with Gasteiger partial charge in [0.25, 0.3) is 0 Å². The molecule has 0 aliphatic carbocycles. The van der Waals surface area contributed by atoms with Gasteiger partial charge in [0.1, 0.15) is 6.61 Å². The number of unbranched alkanes of at least 4 members (excludes halogenated alkanes) is 1. The van der Waals surface area contributed by atoms with Crippen LogP contribution in [0.1, 0.15) is 26.7 Å². The molecule has 0 fully saturated rings. The number of allylic oxidation sites excluding steroid dienone is 1. The van der Waals surface area contributed by atoms with E-state index in [0.29, 0.717) is 6.61 Å². The minimum atomic E-state index is 0.0874. The van der Waals surface area contributed by atoms with Gasteiger partial charge in [-0.2, -0.15) is 0 Å². The highest BCUT2D eigenvalue weighted by atomic mass is 16.5. The monoisotopic (exact) mass is 170 g/mol. The van der Waals surface area contributed by atoms with Crippen molar-refractivity contribution in [3.63, 3.8) is 0 Å². The molecule has 0 aromatic heterocycles. The third-order valence-electron chi connectivity index (χ3n) is 1.59. The van der Waals surface area contributed by atoms with Gasteiger partial charge < -0.3 is 4.74 Å². The van der Waals surface area contributed by atoms with Gasteiger partial charge in [-0.3, -0.25) is 4.79 Å². The zero-order valence-electron chi connectivity index (χ0n) is 8.01. The Bertz CT molecular complexity index is 139. The van der Waals surface area contributed by atoms with E-state index in [1.807, 2.05) is 19.9 Å². The summed E-state index contributed by atoms with van der Waals surface area (Å²) in [6, 6.07) is 0. The van der Waals surface area contributed by atoms with Crippen molar-refractivity contribution in [2.24, 2.45) is 5.92 Å². The summed E-state index contributed by atoms with van der Waals surface area (Å²) in [4.78, 5) is 11.0. The molecule has 0 spiro atoms. The molecule has 0 atom stereocenters. The van der Waals surface area contributed by atoms with Gasteiger partial charge in [0.2, 0.25) is 0 Å². The van der Waals surface area contributed by atoms with Crippen molar-refractivity contribution < 1.29 is 9.53 Å². The summed E-state index contributed by atoms with van der Waals surface area (Å²) in [7, 11) is 0. The van der Waals surface area contributed by atoms with Gasteiger partial charge >= 0.3 is 0 Å². The smallest absolute Gasteiger partial charge is 0.160 e. The fourth-order valence-electron chi connectivity index (χ4n) is 0.669. The van der Waals surface area contributed by atoms with E-state index >= 15 is 0 Å². The Morgan fingerprint density at radius 3 is 2.75 bits per heavy atom. The standard InChI is InChI=1S/C10H18O2/c1-4-5-6-7-12-8-10(11)9(2)3/h4,9H,1,5-8H2,2-3H3. The van der Waals surface area contributed by atoms with E-state index in [1.54, 1.807) is 0 Å². The zero-order valence-corrected chi connectivity index (χ0v) is 8.01. The van der Waals surface area contributed by atoms with E-state index in [2.05, 4.69) is 6.58 Å². The Morgan fingerprint density at radius 2 is 2.25 bits per heavy atom. The van der Waals surface area contributed by atoms with Crippen molar-refractivity contribution in [3.05, 3.63) is 12.7 Å². The Labute approximate surface area is 74.6 Å². The average molecular weight is 170 g/mol. The molecule has 0 N–H and O–H groups in total. The van der Waals surface area contributed by atoms with Crippen LogP contribution in [-0.2, 0) is 9.53 Å². The van der Waals surface area contributed by atoms with Crippen LogP contribution in [0.4, 0.5) is 0 Å². The molecule has 70 valence electrons. The molecule has 2 nitrogen and oxygen atoms in total. The van der Waals surface area contributed by atoms with Gasteiger partial charge in [0.05, 0.1) is 0 Å². The first-order chi connectivity index (χ1) is 5.68. The minimum Gasteiger partial charge on any atom is -0.374 e. The van der Waals surface area contributed by atoms with E-state index in [4.69, 9.17) is 4.74 Å². The van der Waals surface area contributed by atoms with Crippen LogP contribution in [0.2, 0.25) is 0 Å². The van der Waals surface area contributed by atoms with Crippen molar-refractivity contribution in [1.29, 1.82) is 0 Å². The van der Waals surface area contributed by atoms with Gasteiger partial charge in [0, 0.05) is 12.5 Å². The second kappa shape index (κ2) is 7.04. The van der Waals surface area contributed by atoms with E-state index < -0.39 is 0 Å². The van der Waals surface area contributed by atoms with Crippen LogP contribution in [0.25, 0.3) is 0 Å². The molecule has 0 rings (SSSR count). The number of ether oxygens (including phenoxy) is 1. The van der Waals surface area contributed by atoms with Crippen LogP contribution in [0.15, 0.2) is 12.7 Å². The van der Waals surface area contributed by atoms with Crippen LogP contribution in [0.5, 0.6) is 0 Å². The summed E-state index contributed by atoms with van der Waals surface area (Å²) in [6.07, 6.45) is 3.76. The lowest BCUT2D eigenvalue weighted by molar-refractivity contribution is -0.126. The first-order valence-electron chi connectivity index (χ1n) is 4.39. The molecule has 0 saturated heterocycles. The van der Waals surface area contributed by atoms with Gasteiger partial charge in [-0.1, -0.05) is 19.9 Å². The van der Waals surface area contributed by atoms with Crippen molar-refractivity contribution in [2.45, 2.75) is 26.7 Å². The topological polar surface area (TPSA) is 26.3 Å². The van der Waals surface area contributed by atoms with Crippen LogP contribution in [-0.4, -0.2) is 19.0 Å². The van der Waals surface area contributed by atoms with Crippen LogP contribution in [0, 0.1) is 5.92 Å². The minimum absolute atomic E-state index is 0.0874. The third kappa shape index (κ3) is 6.10. The number of rotatable bonds is 7. The van der Waals surface area contributed by atoms with Crippen molar-refractivity contribution in [2.75, 3.05) is 13.2 Å². The van der Waals surface area contributed by atoms with Gasteiger partial charge in [-0.15, -0.1) is 6.58 Å². The number of Topliss-reactive ketones (excluding diaryl/α,β-unsaturated/α-hetero) is 1. The number of hydrogen-bond donors (Lipinski definition) is 0. The van der Waals surface area contributed by atoms with Crippen LogP contribution >= 0.6 is 0 Å². The highest BCUT2D eigenvalue weighted by Gasteiger charge is 2.05. The lowest BCUT2D eigenvalue weighted by Gasteiger charge is -2.04. The summed E-state index contributed by atoms with van der Waals surface area (Å²) in [5.74, 6) is 0.262. The van der Waals surface area contributed by atoms with Gasteiger partial charge in [0.15, 0.2) is 5.78 Å². The highest BCUT2D eigenvalue weighted by Crippen LogP contribution is 1.96. The molecule has 0 amide bonds. The summed E-state index contributed by atoms with van der Waals surface area (Å²) >= 11 is 0. The first kappa shape index (κ1) is 11.4. The number of ketones is 1. The Morgan fingerprint density at radius 1 is 1.58 bits per heavy atom. The molecular formula is C10H18O2. The van der Waals surface area contributed by atoms with Crippen molar-refractivity contribution >= 4 is 5.78 Å². The molecule has 0 radical (unpaired) electrons. The Hall–Kier alpha value is -0.630. The zero-order chi connectivity index (χ0) is 9.40. The van der Waals surface area contributed by atoms with E-state index in [0.717, 1.165) is 12.8 Å². The SMILES string of the molecule is C=CCCCOCC(=O)C(C)C. The molecule has 0 saturated carbocycles. The maximum Gasteiger partial charge on any atom is 0.160 e. The van der Waals surface area contributed by atoms with Crippen LogP contribution < -0.4 is 0 Å². The average Bonchev–Trinajstić information content (AvgIpc) is 2.03. The highest BCUT2D eigenvalue weighted by molar-refractivity contribution is 5.81. The molecule has 0 aromatic carbocycles. The fraction of sp³-hybridized carbons (Fsp3) is 0.700. The number of carbonyl (C=O) groups is 1. The number of hydrogen-bond acceptors (Lipinski definition) is 2. The molecule has 0 unspecified atom stereocenters. The van der Waals surface area contributed by atoms with Gasteiger partial charge in [-0.25, -0.2) is 0 Å². The second-order valence-corrected chi connectivity index (χ2v) is 3.10.